The van der Waals surface area contributed by atoms with Crippen molar-refractivity contribution in [3.05, 3.63) is 75.6 Å². The molecule has 5 heteroatoms. The van der Waals surface area contributed by atoms with Gasteiger partial charge in [0, 0.05) is 18.2 Å². The highest BCUT2D eigenvalue weighted by Crippen LogP contribution is 2.17. The molecule has 1 N–H and O–H groups in total. The first-order chi connectivity index (χ1) is 9.66. The molecule has 0 saturated heterocycles. The summed E-state index contributed by atoms with van der Waals surface area (Å²) in [5.41, 5.74) is 1.69. The van der Waals surface area contributed by atoms with Crippen molar-refractivity contribution < 1.29 is 9.31 Å². The second-order valence-corrected chi connectivity index (χ2v) is 4.44. The minimum atomic E-state index is -0.373. The molecule has 2 rings (SSSR count). The molecule has 0 bridgehead atoms. The van der Waals surface area contributed by atoms with E-state index in [-0.39, 0.29) is 16.4 Å². The minimum absolute atomic E-state index is 0.139. The van der Waals surface area contributed by atoms with Crippen LogP contribution in [0.4, 0.5) is 10.1 Å². The molecule has 0 radical (unpaired) electrons. The lowest BCUT2D eigenvalue weighted by Gasteiger charge is -2.06. The molecule has 20 heavy (non-hydrogen) atoms. The van der Waals surface area contributed by atoms with Gasteiger partial charge in [0.15, 0.2) is 0 Å². The van der Waals surface area contributed by atoms with Gasteiger partial charge in [-0.2, -0.15) is 0 Å². The Labute approximate surface area is 116 Å². The maximum atomic E-state index is 13.0. The van der Waals surface area contributed by atoms with Gasteiger partial charge in [-0.25, -0.2) is 4.39 Å². The third-order valence-electron chi connectivity index (χ3n) is 2.98. The van der Waals surface area contributed by atoms with Crippen LogP contribution in [0, 0.1) is 15.9 Å². The fraction of sp³-hybridized carbons (Fsp3) is 0.200. The van der Waals surface area contributed by atoms with Gasteiger partial charge in [-0.15, -0.1) is 0 Å². The van der Waals surface area contributed by atoms with E-state index in [0.29, 0.717) is 25.1 Å². The molecule has 0 atom stereocenters. The molecular weight excluding hydrogens is 259 g/mol. The van der Waals surface area contributed by atoms with Crippen molar-refractivity contribution in [2.45, 2.75) is 13.0 Å². The molecule has 0 amide bonds. The SMILES string of the molecule is O=[N+]([O-])c1ccccc1CCNCc1cccc(F)c1. The standard InChI is InChI=1S/C15H15FN2O2/c16-14-6-3-4-12(10-14)11-17-9-8-13-5-1-2-7-15(13)18(19)20/h1-7,10,17H,8-9,11H2. The van der Waals surface area contributed by atoms with Gasteiger partial charge in [-0.05, 0) is 30.7 Å². The van der Waals surface area contributed by atoms with Crippen LogP contribution in [-0.4, -0.2) is 11.5 Å². The largest absolute Gasteiger partial charge is 0.312 e. The van der Waals surface area contributed by atoms with Crippen LogP contribution in [0.2, 0.25) is 0 Å². The fourth-order valence-electron chi connectivity index (χ4n) is 2.00. The number of nitrogens with zero attached hydrogens (tertiary/aromatic N) is 1. The highest BCUT2D eigenvalue weighted by atomic mass is 19.1. The topological polar surface area (TPSA) is 55.2 Å². The monoisotopic (exact) mass is 274 g/mol. The van der Waals surface area contributed by atoms with Gasteiger partial charge in [0.05, 0.1) is 4.92 Å². The van der Waals surface area contributed by atoms with Crippen molar-refractivity contribution in [3.8, 4) is 0 Å². The molecular formula is C15H15FN2O2. The lowest BCUT2D eigenvalue weighted by Crippen LogP contribution is -2.17. The van der Waals surface area contributed by atoms with E-state index < -0.39 is 0 Å². The van der Waals surface area contributed by atoms with Crippen LogP contribution in [0.1, 0.15) is 11.1 Å². The van der Waals surface area contributed by atoms with Gasteiger partial charge in [-0.3, -0.25) is 10.1 Å². The number of nitro groups is 1. The molecule has 2 aromatic carbocycles. The highest BCUT2D eigenvalue weighted by molar-refractivity contribution is 5.39. The average Bonchev–Trinajstić information content (AvgIpc) is 2.44. The first-order valence-electron chi connectivity index (χ1n) is 6.34. The summed E-state index contributed by atoms with van der Waals surface area (Å²) >= 11 is 0. The molecule has 2 aromatic rings. The summed E-state index contributed by atoms with van der Waals surface area (Å²) in [6.45, 7) is 1.14. The summed E-state index contributed by atoms with van der Waals surface area (Å²) in [4.78, 5) is 10.5. The predicted octanol–water partition coefficient (Wildman–Crippen LogP) is 3.07. The normalized spacial score (nSPS) is 10.4. The van der Waals surface area contributed by atoms with Gasteiger partial charge >= 0.3 is 0 Å². The van der Waals surface area contributed by atoms with Gasteiger partial charge < -0.3 is 5.32 Å². The lowest BCUT2D eigenvalue weighted by molar-refractivity contribution is -0.385. The molecule has 0 aliphatic heterocycles. The molecule has 0 unspecified atom stereocenters. The summed E-state index contributed by atoms with van der Waals surface area (Å²) in [5.74, 6) is -0.261. The Morgan fingerprint density at radius 3 is 2.70 bits per heavy atom. The summed E-state index contributed by atoms with van der Waals surface area (Å²) in [6.07, 6.45) is 0.562. The summed E-state index contributed by atoms with van der Waals surface area (Å²) in [5, 5.41) is 14.0. The lowest BCUT2D eigenvalue weighted by atomic mass is 10.1. The third kappa shape index (κ3) is 3.86. The molecule has 0 spiro atoms. The summed E-state index contributed by atoms with van der Waals surface area (Å²) < 4.78 is 13.0. The van der Waals surface area contributed by atoms with Crippen LogP contribution in [0.3, 0.4) is 0 Å². The first kappa shape index (κ1) is 14.1. The van der Waals surface area contributed by atoms with E-state index in [1.165, 1.54) is 18.2 Å². The zero-order valence-corrected chi connectivity index (χ0v) is 10.9. The van der Waals surface area contributed by atoms with Gasteiger partial charge in [0.25, 0.3) is 5.69 Å². The van der Waals surface area contributed by atoms with Gasteiger partial charge in [0.1, 0.15) is 5.82 Å². The highest BCUT2D eigenvalue weighted by Gasteiger charge is 2.11. The van der Waals surface area contributed by atoms with Crippen molar-refractivity contribution in [1.29, 1.82) is 0 Å². The maximum absolute atomic E-state index is 13.0. The summed E-state index contributed by atoms with van der Waals surface area (Å²) in [6, 6.07) is 13.1. The fourth-order valence-corrected chi connectivity index (χ4v) is 2.00. The number of hydrogen-bond acceptors (Lipinski definition) is 3. The predicted molar refractivity (Wildman–Crippen MR) is 74.9 cm³/mol. The second-order valence-electron chi connectivity index (χ2n) is 4.44. The maximum Gasteiger partial charge on any atom is 0.272 e. The second kappa shape index (κ2) is 6.77. The third-order valence-corrected chi connectivity index (χ3v) is 2.98. The van der Waals surface area contributed by atoms with Crippen LogP contribution in [0.15, 0.2) is 48.5 Å². The number of halogens is 1. The molecule has 4 nitrogen and oxygen atoms in total. The van der Waals surface area contributed by atoms with E-state index in [2.05, 4.69) is 5.32 Å². The van der Waals surface area contributed by atoms with Crippen molar-refractivity contribution in [1.82, 2.24) is 5.32 Å². The van der Waals surface area contributed by atoms with E-state index in [4.69, 9.17) is 0 Å². The molecule has 0 aliphatic rings. The Balaban J connectivity index is 1.86. The number of nitro benzene ring substituents is 1. The quantitative estimate of drug-likeness (QED) is 0.500. The molecule has 0 fully saturated rings. The number of hydrogen-bond donors (Lipinski definition) is 1. The van der Waals surface area contributed by atoms with Crippen LogP contribution in [-0.2, 0) is 13.0 Å². The van der Waals surface area contributed by atoms with E-state index in [0.717, 1.165) is 5.56 Å². The van der Waals surface area contributed by atoms with Crippen LogP contribution >= 0.6 is 0 Å². The number of rotatable bonds is 6. The van der Waals surface area contributed by atoms with Crippen molar-refractivity contribution in [3.63, 3.8) is 0 Å². The van der Waals surface area contributed by atoms with Crippen molar-refractivity contribution in [2.24, 2.45) is 0 Å². The Morgan fingerprint density at radius 1 is 1.15 bits per heavy atom. The molecule has 104 valence electrons. The Kier molecular flexibility index (Phi) is 4.79. The Hall–Kier alpha value is -2.27. The Morgan fingerprint density at radius 2 is 1.95 bits per heavy atom. The first-order valence-corrected chi connectivity index (χ1v) is 6.34. The van der Waals surface area contributed by atoms with Gasteiger partial charge in [0.2, 0.25) is 0 Å². The summed E-state index contributed by atoms with van der Waals surface area (Å²) in [7, 11) is 0. The zero-order chi connectivity index (χ0) is 14.4. The van der Waals surface area contributed by atoms with E-state index in [9.17, 15) is 14.5 Å². The minimum Gasteiger partial charge on any atom is -0.312 e. The van der Waals surface area contributed by atoms with Crippen LogP contribution < -0.4 is 5.32 Å². The average molecular weight is 274 g/mol. The van der Waals surface area contributed by atoms with Crippen LogP contribution in [0.25, 0.3) is 0 Å². The number of benzene rings is 2. The van der Waals surface area contributed by atoms with E-state index in [1.807, 2.05) is 6.07 Å². The smallest absolute Gasteiger partial charge is 0.272 e. The van der Waals surface area contributed by atoms with Gasteiger partial charge in [-0.1, -0.05) is 30.3 Å². The molecule has 0 saturated carbocycles. The van der Waals surface area contributed by atoms with Crippen molar-refractivity contribution in [2.75, 3.05) is 6.54 Å². The molecule has 0 heterocycles. The van der Waals surface area contributed by atoms with E-state index in [1.54, 1.807) is 24.3 Å². The number of nitrogens with one attached hydrogen (secondary N) is 1. The molecule has 0 aromatic heterocycles. The Bertz CT molecular complexity index is 602. The molecule has 0 aliphatic carbocycles. The van der Waals surface area contributed by atoms with E-state index >= 15 is 0 Å². The zero-order valence-electron chi connectivity index (χ0n) is 10.9. The van der Waals surface area contributed by atoms with Crippen molar-refractivity contribution >= 4 is 5.69 Å². The van der Waals surface area contributed by atoms with Crippen LogP contribution in [0.5, 0.6) is 0 Å². The number of para-hydroxylation sites is 1.